The molecule has 0 radical (unpaired) electrons. The molecule has 3 N–H and O–H groups in total. The topological polar surface area (TPSA) is 67.2 Å². The molecular weight excluding hydrogens is 312 g/mol. The summed E-state index contributed by atoms with van der Waals surface area (Å²) >= 11 is 0. The molecule has 5 heteroatoms. The van der Waals surface area contributed by atoms with Crippen molar-refractivity contribution in [2.24, 2.45) is 5.73 Å². The monoisotopic (exact) mass is 336 g/mol. The molecule has 2 heterocycles. The smallest absolute Gasteiger partial charge is 0.0671 e. The Balaban J connectivity index is 1.83. The molecule has 3 aromatic rings. The van der Waals surface area contributed by atoms with Gasteiger partial charge in [-0.25, -0.2) is 0 Å². The molecule has 5 nitrogen and oxygen atoms in total. The lowest BCUT2D eigenvalue weighted by Crippen LogP contribution is -2.36. The minimum absolute atomic E-state index is 0.333. The lowest BCUT2D eigenvalue weighted by Gasteiger charge is -2.31. The van der Waals surface area contributed by atoms with E-state index in [0.717, 1.165) is 42.8 Å². The van der Waals surface area contributed by atoms with Crippen LogP contribution in [-0.2, 0) is 10.3 Å². The maximum absolute atomic E-state index is 6.22. The lowest BCUT2D eigenvalue weighted by atomic mass is 9.92. The number of aromatic nitrogens is 2. The average molecular weight is 336 g/mol. The second-order valence-electron chi connectivity index (χ2n) is 7.19. The normalized spacial score (nSPS) is 15.7. The second-order valence-corrected chi connectivity index (χ2v) is 7.19. The minimum atomic E-state index is -0.333. The van der Waals surface area contributed by atoms with Gasteiger partial charge in [-0.05, 0) is 31.0 Å². The molecule has 1 aliphatic heterocycles. The summed E-state index contributed by atoms with van der Waals surface area (Å²) in [5.41, 5.74) is 11.7. The molecule has 0 aliphatic carbocycles. The molecule has 25 heavy (non-hydrogen) atoms. The number of fused-ring (bicyclic) bond motifs is 1. The van der Waals surface area contributed by atoms with Crippen molar-refractivity contribution in [1.82, 2.24) is 10.2 Å². The largest absolute Gasteiger partial charge is 0.378 e. The van der Waals surface area contributed by atoms with Crippen LogP contribution in [-0.4, -0.2) is 36.5 Å². The van der Waals surface area contributed by atoms with Crippen LogP contribution in [0.25, 0.3) is 22.0 Å². The van der Waals surface area contributed by atoms with Gasteiger partial charge in [0.05, 0.1) is 30.6 Å². The lowest BCUT2D eigenvalue weighted by molar-refractivity contribution is 0.123. The van der Waals surface area contributed by atoms with Crippen molar-refractivity contribution in [1.29, 1.82) is 0 Å². The molecule has 0 atom stereocenters. The SMILES string of the molecule is CC(C)(N)c1ccc(-c2ccc3[nH]ncc3c2N2CCOCC2)cc1. The van der Waals surface area contributed by atoms with Gasteiger partial charge >= 0.3 is 0 Å². The first-order valence-electron chi connectivity index (χ1n) is 8.72. The zero-order chi connectivity index (χ0) is 17.4. The predicted octanol–water partition coefficient (Wildman–Crippen LogP) is 3.26. The molecule has 1 saturated heterocycles. The Labute approximate surface area is 147 Å². The molecule has 0 saturated carbocycles. The number of nitrogens with zero attached hydrogens (tertiary/aromatic N) is 2. The molecule has 130 valence electrons. The van der Waals surface area contributed by atoms with Crippen LogP contribution in [0.3, 0.4) is 0 Å². The van der Waals surface area contributed by atoms with Crippen LogP contribution in [0.2, 0.25) is 0 Å². The Bertz CT molecular complexity index is 871. The maximum atomic E-state index is 6.22. The fourth-order valence-corrected chi connectivity index (χ4v) is 3.44. The van der Waals surface area contributed by atoms with Gasteiger partial charge in [-0.3, -0.25) is 5.10 Å². The van der Waals surface area contributed by atoms with Crippen LogP contribution >= 0.6 is 0 Å². The summed E-state index contributed by atoms with van der Waals surface area (Å²) in [6.45, 7) is 7.36. The predicted molar refractivity (Wildman–Crippen MR) is 102 cm³/mol. The van der Waals surface area contributed by atoms with Crippen LogP contribution in [0.1, 0.15) is 19.4 Å². The third kappa shape index (κ3) is 3.01. The Kier molecular flexibility index (Phi) is 3.98. The highest BCUT2D eigenvalue weighted by Gasteiger charge is 2.20. The number of nitrogens with one attached hydrogen (secondary N) is 1. The zero-order valence-electron chi connectivity index (χ0n) is 14.7. The molecule has 0 amide bonds. The molecule has 0 bridgehead atoms. The number of ether oxygens (including phenoxy) is 1. The standard InChI is InChI=1S/C20H24N4O/c1-20(2,21)15-5-3-14(4-6-15)16-7-8-18-17(13-22-23-18)19(16)24-9-11-25-12-10-24/h3-8,13H,9-12,21H2,1-2H3,(H,22,23). The summed E-state index contributed by atoms with van der Waals surface area (Å²) in [4.78, 5) is 2.40. The van der Waals surface area contributed by atoms with Gasteiger partial charge in [-0.15, -0.1) is 0 Å². The van der Waals surface area contributed by atoms with E-state index in [-0.39, 0.29) is 5.54 Å². The number of morpholine rings is 1. The Morgan fingerprint density at radius 2 is 1.80 bits per heavy atom. The number of rotatable bonds is 3. The zero-order valence-corrected chi connectivity index (χ0v) is 14.7. The van der Waals surface area contributed by atoms with E-state index in [1.807, 2.05) is 20.0 Å². The van der Waals surface area contributed by atoms with Crippen molar-refractivity contribution in [3.8, 4) is 11.1 Å². The summed E-state index contributed by atoms with van der Waals surface area (Å²) in [5.74, 6) is 0. The second kappa shape index (κ2) is 6.17. The van der Waals surface area contributed by atoms with Gasteiger partial charge in [0.15, 0.2) is 0 Å². The first kappa shape index (κ1) is 16.1. The molecule has 4 rings (SSSR count). The third-order valence-corrected chi connectivity index (χ3v) is 4.86. The van der Waals surface area contributed by atoms with E-state index in [1.165, 1.54) is 16.8 Å². The third-order valence-electron chi connectivity index (χ3n) is 4.86. The first-order chi connectivity index (χ1) is 12.0. The van der Waals surface area contributed by atoms with Gasteiger partial charge in [0.1, 0.15) is 0 Å². The maximum Gasteiger partial charge on any atom is 0.0671 e. The van der Waals surface area contributed by atoms with E-state index in [0.29, 0.717) is 0 Å². The Morgan fingerprint density at radius 3 is 2.48 bits per heavy atom. The van der Waals surface area contributed by atoms with Crippen molar-refractivity contribution >= 4 is 16.6 Å². The van der Waals surface area contributed by atoms with Gasteiger partial charge in [0, 0.05) is 29.6 Å². The van der Waals surface area contributed by atoms with Gasteiger partial charge in [-0.2, -0.15) is 5.10 Å². The molecule has 0 spiro atoms. The van der Waals surface area contributed by atoms with Crippen LogP contribution in [0.15, 0.2) is 42.6 Å². The van der Waals surface area contributed by atoms with E-state index in [4.69, 9.17) is 10.5 Å². The van der Waals surface area contributed by atoms with Gasteiger partial charge in [-0.1, -0.05) is 30.3 Å². The van der Waals surface area contributed by atoms with Gasteiger partial charge < -0.3 is 15.4 Å². The first-order valence-corrected chi connectivity index (χ1v) is 8.72. The highest BCUT2D eigenvalue weighted by Crippen LogP contribution is 2.37. The number of hydrogen-bond donors (Lipinski definition) is 2. The van der Waals surface area contributed by atoms with E-state index < -0.39 is 0 Å². The quantitative estimate of drug-likeness (QED) is 0.770. The number of aromatic amines is 1. The van der Waals surface area contributed by atoms with E-state index in [9.17, 15) is 0 Å². The van der Waals surface area contributed by atoms with Gasteiger partial charge in [0.2, 0.25) is 0 Å². The summed E-state index contributed by atoms with van der Waals surface area (Å²) in [7, 11) is 0. The van der Waals surface area contributed by atoms with Crippen molar-refractivity contribution in [3.05, 3.63) is 48.2 Å². The number of benzene rings is 2. The number of nitrogens with two attached hydrogens (primary N) is 1. The van der Waals surface area contributed by atoms with Crippen LogP contribution in [0, 0.1) is 0 Å². The van der Waals surface area contributed by atoms with E-state index in [2.05, 4.69) is 51.5 Å². The molecule has 2 aromatic carbocycles. The molecule has 1 aliphatic rings. The Hall–Kier alpha value is -2.37. The summed E-state index contributed by atoms with van der Waals surface area (Å²) in [6, 6.07) is 12.8. The fraction of sp³-hybridized carbons (Fsp3) is 0.350. The summed E-state index contributed by atoms with van der Waals surface area (Å²) in [5, 5.41) is 8.48. The van der Waals surface area contributed by atoms with Crippen molar-refractivity contribution in [3.63, 3.8) is 0 Å². The number of H-pyrrole nitrogens is 1. The van der Waals surface area contributed by atoms with Crippen molar-refractivity contribution in [2.45, 2.75) is 19.4 Å². The molecular formula is C20H24N4O. The Morgan fingerprint density at radius 1 is 1.08 bits per heavy atom. The van der Waals surface area contributed by atoms with Crippen molar-refractivity contribution in [2.75, 3.05) is 31.2 Å². The van der Waals surface area contributed by atoms with Crippen molar-refractivity contribution < 1.29 is 4.74 Å². The highest BCUT2D eigenvalue weighted by molar-refractivity contribution is 6.00. The molecule has 1 fully saturated rings. The van der Waals surface area contributed by atoms with Crippen LogP contribution in [0.4, 0.5) is 5.69 Å². The van der Waals surface area contributed by atoms with Crippen LogP contribution in [0.5, 0.6) is 0 Å². The van der Waals surface area contributed by atoms with Gasteiger partial charge in [0.25, 0.3) is 0 Å². The van der Waals surface area contributed by atoms with E-state index >= 15 is 0 Å². The molecule has 0 unspecified atom stereocenters. The number of anilines is 1. The summed E-state index contributed by atoms with van der Waals surface area (Å²) < 4.78 is 5.53. The van der Waals surface area contributed by atoms with Crippen LogP contribution < -0.4 is 10.6 Å². The average Bonchev–Trinajstić information content (AvgIpc) is 3.09. The fourth-order valence-electron chi connectivity index (χ4n) is 3.44. The molecule has 1 aromatic heterocycles. The summed E-state index contributed by atoms with van der Waals surface area (Å²) in [6.07, 6.45) is 1.92. The highest BCUT2D eigenvalue weighted by atomic mass is 16.5. The van der Waals surface area contributed by atoms with E-state index in [1.54, 1.807) is 0 Å². The number of hydrogen-bond acceptors (Lipinski definition) is 4. The minimum Gasteiger partial charge on any atom is -0.378 e.